The highest BCUT2D eigenvalue weighted by Gasteiger charge is 2.27. The number of aromatic nitrogens is 1. The van der Waals surface area contributed by atoms with Crippen LogP contribution in [0.5, 0.6) is 0 Å². The second-order valence-electron chi connectivity index (χ2n) is 6.00. The molecule has 1 aromatic heterocycles. The van der Waals surface area contributed by atoms with Crippen molar-refractivity contribution in [2.24, 2.45) is 17.4 Å². The number of nitrogens with one attached hydrogen (secondary N) is 1. The fourth-order valence-electron chi connectivity index (χ4n) is 3.18. The molecule has 0 radical (unpaired) electrons. The summed E-state index contributed by atoms with van der Waals surface area (Å²) in [5.74, 6) is 0.376. The maximum atomic E-state index is 12.1. The number of anilines is 1. The molecule has 0 saturated heterocycles. The average molecular weight is 294 g/mol. The van der Waals surface area contributed by atoms with Gasteiger partial charge in [-0.05, 0) is 38.0 Å². The minimum atomic E-state index is 0.0442. The summed E-state index contributed by atoms with van der Waals surface area (Å²) in [6.07, 6.45) is 6.57. The summed E-state index contributed by atoms with van der Waals surface area (Å²) in [5, 5.41) is 3.66. The quantitative estimate of drug-likeness (QED) is 0.785. The molecule has 3 atom stereocenters. The van der Waals surface area contributed by atoms with Crippen LogP contribution in [0.15, 0.2) is 0 Å². The minimum Gasteiger partial charge on any atom is -0.327 e. The summed E-state index contributed by atoms with van der Waals surface area (Å²) in [5.41, 5.74) is 13.1. The molecule has 110 valence electrons. The number of rotatable bonds is 3. The zero-order valence-corrected chi connectivity index (χ0v) is 12.4. The number of amides is 1. The fraction of sp³-hybridized carbons (Fsp3) is 0.714. The van der Waals surface area contributed by atoms with Crippen LogP contribution < -0.4 is 16.8 Å². The summed E-state index contributed by atoms with van der Waals surface area (Å²) in [6.45, 7) is 0. The Bertz CT molecular complexity index is 501. The standard InChI is InChI=1S/C14H22N4OS/c15-9-4-5-11-12(7-9)20-14(17-11)18-13(19)6-8-2-1-3-10(8)16/h8-10H,1-7,15-16H2,(H,17,18,19)/t8-,9-,10+/m0/s1. The summed E-state index contributed by atoms with van der Waals surface area (Å²) in [7, 11) is 0. The van der Waals surface area contributed by atoms with Crippen LogP contribution in [-0.2, 0) is 17.6 Å². The van der Waals surface area contributed by atoms with Crippen LogP contribution in [0.1, 0.15) is 42.7 Å². The molecule has 1 aromatic rings. The van der Waals surface area contributed by atoms with Gasteiger partial charge in [0.15, 0.2) is 5.13 Å². The number of thiazole rings is 1. The number of nitrogens with zero attached hydrogens (tertiary/aromatic N) is 1. The van der Waals surface area contributed by atoms with Crippen molar-refractivity contribution in [3.8, 4) is 0 Å². The molecule has 2 aliphatic carbocycles. The van der Waals surface area contributed by atoms with Gasteiger partial charge >= 0.3 is 0 Å². The van der Waals surface area contributed by atoms with E-state index in [0.717, 1.165) is 49.4 Å². The summed E-state index contributed by atoms with van der Waals surface area (Å²) < 4.78 is 0. The van der Waals surface area contributed by atoms with Crippen molar-refractivity contribution in [3.05, 3.63) is 10.6 Å². The van der Waals surface area contributed by atoms with E-state index in [1.807, 2.05) is 0 Å². The van der Waals surface area contributed by atoms with Gasteiger partial charge in [0, 0.05) is 23.4 Å². The molecule has 2 aliphatic rings. The van der Waals surface area contributed by atoms with Crippen LogP contribution in [-0.4, -0.2) is 23.0 Å². The van der Waals surface area contributed by atoms with E-state index in [9.17, 15) is 4.79 Å². The summed E-state index contributed by atoms with van der Waals surface area (Å²) in [4.78, 5) is 17.8. The maximum Gasteiger partial charge on any atom is 0.226 e. The number of carbonyl (C=O) groups excluding carboxylic acids is 1. The molecule has 5 N–H and O–H groups in total. The zero-order chi connectivity index (χ0) is 14.1. The monoisotopic (exact) mass is 294 g/mol. The van der Waals surface area contributed by atoms with Gasteiger partial charge in [0.05, 0.1) is 5.69 Å². The van der Waals surface area contributed by atoms with Crippen LogP contribution in [0.25, 0.3) is 0 Å². The number of carbonyl (C=O) groups is 1. The number of fused-ring (bicyclic) bond motifs is 1. The Morgan fingerprint density at radius 3 is 2.95 bits per heavy atom. The first-order valence-corrected chi connectivity index (χ1v) is 8.23. The third-order valence-corrected chi connectivity index (χ3v) is 5.42. The molecule has 1 heterocycles. The molecule has 1 fully saturated rings. The predicted molar refractivity (Wildman–Crippen MR) is 80.7 cm³/mol. The first-order chi connectivity index (χ1) is 9.61. The van der Waals surface area contributed by atoms with E-state index >= 15 is 0 Å². The second-order valence-corrected chi connectivity index (χ2v) is 7.08. The molecule has 6 heteroatoms. The molecular weight excluding hydrogens is 272 g/mol. The molecular formula is C14H22N4OS. The average Bonchev–Trinajstić information content (AvgIpc) is 2.95. The normalized spacial score (nSPS) is 29.2. The highest BCUT2D eigenvalue weighted by atomic mass is 32.1. The van der Waals surface area contributed by atoms with E-state index < -0.39 is 0 Å². The van der Waals surface area contributed by atoms with Crippen molar-refractivity contribution in [1.82, 2.24) is 4.98 Å². The first kappa shape index (κ1) is 14.0. The predicted octanol–water partition coefficient (Wildman–Crippen LogP) is 1.42. The second kappa shape index (κ2) is 5.79. The molecule has 0 bridgehead atoms. The maximum absolute atomic E-state index is 12.1. The molecule has 0 unspecified atom stereocenters. The van der Waals surface area contributed by atoms with Crippen molar-refractivity contribution in [1.29, 1.82) is 0 Å². The van der Waals surface area contributed by atoms with Gasteiger partial charge in [-0.1, -0.05) is 6.42 Å². The van der Waals surface area contributed by atoms with E-state index in [0.29, 0.717) is 12.3 Å². The Hall–Kier alpha value is -0.980. The third kappa shape index (κ3) is 3.02. The van der Waals surface area contributed by atoms with Crippen LogP contribution in [0.4, 0.5) is 5.13 Å². The van der Waals surface area contributed by atoms with E-state index in [1.165, 1.54) is 4.88 Å². The van der Waals surface area contributed by atoms with Crippen molar-refractivity contribution in [3.63, 3.8) is 0 Å². The van der Waals surface area contributed by atoms with Gasteiger partial charge < -0.3 is 16.8 Å². The van der Waals surface area contributed by atoms with Crippen LogP contribution >= 0.6 is 11.3 Å². The summed E-state index contributed by atoms with van der Waals surface area (Å²) >= 11 is 1.57. The van der Waals surface area contributed by atoms with Gasteiger partial charge in [-0.2, -0.15) is 0 Å². The number of hydrogen-bond acceptors (Lipinski definition) is 5. The van der Waals surface area contributed by atoms with Crippen molar-refractivity contribution < 1.29 is 4.79 Å². The van der Waals surface area contributed by atoms with E-state index in [-0.39, 0.29) is 18.0 Å². The van der Waals surface area contributed by atoms with Gasteiger partial charge in [0.1, 0.15) is 0 Å². The van der Waals surface area contributed by atoms with Crippen molar-refractivity contribution in [2.45, 2.75) is 57.0 Å². The van der Waals surface area contributed by atoms with Crippen LogP contribution in [0.2, 0.25) is 0 Å². The molecule has 3 rings (SSSR count). The lowest BCUT2D eigenvalue weighted by Crippen LogP contribution is -2.28. The molecule has 0 aromatic carbocycles. The lowest BCUT2D eigenvalue weighted by molar-refractivity contribution is -0.117. The molecule has 1 saturated carbocycles. The third-order valence-electron chi connectivity index (χ3n) is 4.39. The first-order valence-electron chi connectivity index (χ1n) is 7.41. The van der Waals surface area contributed by atoms with E-state index in [1.54, 1.807) is 11.3 Å². The van der Waals surface area contributed by atoms with Gasteiger partial charge in [-0.15, -0.1) is 11.3 Å². The smallest absolute Gasteiger partial charge is 0.226 e. The van der Waals surface area contributed by atoms with Gasteiger partial charge in [-0.3, -0.25) is 4.79 Å². The highest BCUT2D eigenvalue weighted by Crippen LogP contribution is 2.30. The van der Waals surface area contributed by atoms with E-state index in [4.69, 9.17) is 11.5 Å². The largest absolute Gasteiger partial charge is 0.327 e. The lowest BCUT2D eigenvalue weighted by Gasteiger charge is -2.15. The Labute approximate surface area is 123 Å². The number of nitrogens with two attached hydrogens (primary N) is 2. The van der Waals surface area contributed by atoms with Gasteiger partial charge in [-0.25, -0.2) is 4.98 Å². The molecule has 0 spiro atoms. The molecule has 5 nitrogen and oxygen atoms in total. The van der Waals surface area contributed by atoms with Gasteiger partial charge in [0.25, 0.3) is 0 Å². The lowest BCUT2D eigenvalue weighted by atomic mass is 9.99. The SMILES string of the molecule is N[C@H]1CCc2nc(NC(=O)C[C@@H]3CCC[C@H]3N)sc2C1. The van der Waals surface area contributed by atoms with Crippen LogP contribution in [0, 0.1) is 5.92 Å². The zero-order valence-electron chi connectivity index (χ0n) is 11.6. The Kier molecular flexibility index (Phi) is 4.05. The van der Waals surface area contributed by atoms with Crippen molar-refractivity contribution in [2.75, 3.05) is 5.32 Å². The number of aryl methyl sites for hydroxylation is 1. The Morgan fingerprint density at radius 2 is 2.20 bits per heavy atom. The number of hydrogen-bond donors (Lipinski definition) is 3. The molecule has 20 heavy (non-hydrogen) atoms. The minimum absolute atomic E-state index is 0.0442. The van der Waals surface area contributed by atoms with Crippen molar-refractivity contribution >= 4 is 22.4 Å². The van der Waals surface area contributed by atoms with Crippen LogP contribution in [0.3, 0.4) is 0 Å². The van der Waals surface area contributed by atoms with E-state index in [2.05, 4.69) is 10.3 Å². The topological polar surface area (TPSA) is 94.0 Å². The Balaban J connectivity index is 1.59. The fourth-order valence-corrected chi connectivity index (χ4v) is 4.30. The highest BCUT2D eigenvalue weighted by molar-refractivity contribution is 7.15. The summed E-state index contributed by atoms with van der Waals surface area (Å²) in [6, 6.07) is 0.422. The Morgan fingerprint density at radius 1 is 1.35 bits per heavy atom. The molecule has 0 aliphatic heterocycles. The van der Waals surface area contributed by atoms with Gasteiger partial charge in [0.2, 0.25) is 5.91 Å². The molecule has 1 amide bonds.